The predicted molar refractivity (Wildman–Crippen MR) is 258 cm³/mol. The average molecular weight is 806 g/mol. The van der Waals surface area contributed by atoms with Gasteiger partial charge in [-0.05, 0) is 77.9 Å². The maximum absolute atomic E-state index is 6.53. The van der Waals surface area contributed by atoms with Crippen LogP contribution < -0.4 is 0 Å². The zero-order valence-corrected chi connectivity index (χ0v) is 33.9. The minimum absolute atomic E-state index is 0.573. The van der Waals surface area contributed by atoms with Crippen LogP contribution in [-0.4, -0.2) is 24.1 Å². The van der Waals surface area contributed by atoms with Crippen LogP contribution in [0.5, 0.6) is 0 Å². The largest absolute Gasteiger partial charge is 0.456 e. The Morgan fingerprint density at radius 3 is 1.48 bits per heavy atom. The molecule has 0 radical (unpaired) electrons. The fourth-order valence-electron chi connectivity index (χ4n) is 9.52. The second-order valence-corrected chi connectivity index (χ2v) is 16.0. The molecule has 13 aromatic rings. The lowest BCUT2D eigenvalue weighted by Crippen LogP contribution is -2.01. The van der Waals surface area contributed by atoms with Gasteiger partial charge in [-0.25, -0.2) is 15.0 Å². The van der Waals surface area contributed by atoms with Crippen molar-refractivity contribution in [2.45, 2.75) is 0 Å². The summed E-state index contributed by atoms with van der Waals surface area (Å²) in [7, 11) is 0. The molecule has 294 valence electrons. The molecule has 63 heavy (non-hydrogen) atoms. The minimum Gasteiger partial charge on any atom is -0.456 e. The maximum Gasteiger partial charge on any atom is 0.164 e. The van der Waals surface area contributed by atoms with Crippen LogP contribution in [0.4, 0.5) is 0 Å². The van der Waals surface area contributed by atoms with Gasteiger partial charge in [-0.15, -0.1) is 0 Å². The van der Waals surface area contributed by atoms with Crippen molar-refractivity contribution in [2.75, 3.05) is 0 Å². The average Bonchev–Trinajstić information content (AvgIpc) is 4.01. The highest BCUT2D eigenvalue weighted by Crippen LogP contribution is 2.41. The molecule has 0 N–H and O–H groups in total. The van der Waals surface area contributed by atoms with Gasteiger partial charge in [0.1, 0.15) is 11.2 Å². The molecule has 4 aromatic heterocycles. The van der Waals surface area contributed by atoms with Crippen LogP contribution in [-0.2, 0) is 0 Å². The Bertz CT molecular complexity index is 3900. The summed E-state index contributed by atoms with van der Waals surface area (Å²) in [6.07, 6.45) is 0. The fraction of sp³-hybridized carbons (Fsp3) is 0. The predicted octanol–water partition coefficient (Wildman–Crippen LogP) is 14.6. The molecule has 4 heterocycles. The van der Waals surface area contributed by atoms with Crippen molar-refractivity contribution in [1.82, 2.24) is 24.1 Å². The maximum atomic E-state index is 6.53. The van der Waals surface area contributed by atoms with Gasteiger partial charge in [0.25, 0.3) is 0 Å². The van der Waals surface area contributed by atoms with Gasteiger partial charge in [-0.2, -0.15) is 0 Å². The van der Waals surface area contributed by atoms with Gasteiger partial charge in [-0.1, -0.05) is 146 Å². The Balaban J connectivity index is 0.988. The lowest BCUT2D eigenvalue weighted by atomic mass is 9.99. The van der Waals surface area contributed by atoms with E-state index in [9.17, 15) is 0 Å². The number of rotatable bonds is 6. The molecular weight excluding hydrogens is 771 g/mol. The Kier molecular flexibility index (Phi) is 7.80. The van der Waals surface area contributed by atoms with Crippen molar-refractivity contribution in [1.29, 1.82) is 0 Å². The number of para-hydroxylation sites is 3. The molecule has 0 unspecified atom stereocenters. The van der Waals surface area contributed by atoms with Crippen LogP contribution in [0.3, 0.4) is 0 Å². The summed E-state index contributed by atoms with van der Waals surface area (Å²) in [6, 6.07) is 74.4. The Morgan fingerprint density at radius 1 is 0.302 bits per heavy atom. The van der Waals surface area contributed by atoms with E-state index in [1.807, 2.05) is 42.5 Å². The van der Waals surface area contributed by atoms with Crippen molar-refractivity contribution in [2.24, 2.45) is 0 Å². The summed E-state index contributed by atoms with van der Waals surface area (Å²) < 4.78 is 11.3. The summed E-state index contributed by atoms with van der Waals surface area (Å²) in [5, 5.41) is 6.94. The Hall–Kier alpha value is -8.61. The minimum atomic E-state index is 0.573. The van der Waals surface area contributed by atoms with Crippen LogP contribution in [0.25, 0.3) is 122 Å². The molecule has 6 nitrogen and oxygen atoms in total. The number of hydrogen-bond donors (Lipinski definition) is 0. The molecule has 0 bridgehead atoms. The second kappa shape index (κ2) is 14.0. The van der Waals surface area contributed by atoms with Crippen molar-refractivity contribution in [3.05, 3.63) is 212 Å². The number of aromatic nitrogens is 5. The Labute approximate surface area is 361 Å². The smallest absolute Gasteiger partial charge is 0.164 e. The lowest BCUT2D eigenvalue weighted by molar-refractivity contribution is 0.669. The summed E-state index contributed by atoms with van der Waals surface area (Å²) in [4.78, 5) is 15.4. The van der Waals surface area contributed by atoms with Gasteiger partial charge in [0, 0.05) is 60.4 Å². The molecule has 0 amide bonds. The van der Waals surface area contributed by atoms with Crippen molar-refractivity contribution in [3.63, 3.8) is 0 Å². The third-order valence-electron chi connectivity index (χ3n) is 12.4. The highest BCUT2D eigenvalue weighted by atomic mass is 16.3. The topological polar surface area (TPSA) is 61.7 Å². The van der Waals surface area contributed by atoms with Gasteiger partial charge in [0.15, 0.2) is 17.5 Å². The quantitative estimate of drug-likeness (QED) is 0.168. The van der Waals surface area contributed by atoms with E-state index >= 15 is 0 Å². The highest BCUT2D eigenvalue weighted by molar-refractivity contribution is 6.19. The number of benzene rings is 9. The highest BCUT2D eigenvalue weighted by Gasteiger charge is 2.20. The normalized spacial score (nSPS) is 11.8. The molecule has 0 saturated heterocycles. The van der Waals surface area contributed by atoms with Gasteiger partial charge in [0.2, 0.25) is 0 Å². The van der Waals surface area contributed by atoms with Gasteiger partial charge >= 0.3 is 0 Å². The first-order chi connectivity index (χ1) is 31.2. The van der Waals surface area contributed by atoms with E-state index in [1.54, 1.807) is 0 Å². The summed E-state index contributed by atoms with van der Waals surface area (Å²) >= 11 is 0. The summed E-state index contributed by atoms with van der Waals surface area (Å²) in [6.45, 7) is 0. The third kappa shape index (κ3) is 5.62. The SMILES string of the molecule is c1ccc(-c2nc(-c3cccc(-n4c5ccccc5c5cc6c(cc54)c4ccccc4n6-c4ccccc4)c3)nc(-c3ccc4c(c3)oc3cccc(-c5ccccc5)c34)n2)cc1. The van der Waals surface area contributed by atoms with E-state index < -0.39 is 0 Å². The zero-order valence-electron chi connectivity index (χ0n) is 33.9. The molecule has 0 saturated carbocycles. The molecule has 0 spiro atoms. The van der Waals surface area contributed by atoms with Gasteiger partial charge in [-0.3, -0.25) is 0 Å². The molecular formula is C57H35N5O. The van der Waals surface area contributed by atoms with Gasteiger partial charge < -0.3 is 13.6 Å². The zero-order chi connectivity index (χ0) is 41.4. The fourth-order valence-corrected chi connectivity index (χ4v) is 9.52. The van der Waals surface area contributed by atoms with Crippen LogP contribution >= 0.6 is 0 Å². The van der Waals surface area contributed by atoms with E-state index in [4.69, 9.17) is 19.4 Å². The first-order valence-corrected chi connectivity index (χ1v) is 21.2. The van der Waals surface area contributed by atoms with Gasteiger partial charge in [0.05, 0.1) is 22.1 Å². The molecule has 0 aliphatic carbocycles. The lowest BCUT2D eigenvalue weighted by Gasteiger charge is -2.12. The molecule has 13 rings (SSSR count). The number of hydrogen-bond acceptors (Lipinski definition) is 4. The molecule has 0 aliphatic rings. The van der Waals surface area contributed by atoms with E-state index in [0.717, 1.165) is 72.2 Å². The number of nitrogens with zero attached hydrogens (tertiary/aromatic N) is 5. The van der Waals surface area contributed by atoms with Crippen LogP contribution in [0.2, 0.25) is 0 Å². The second-order valence-electron chi connectivity index (χ2n) is 16.0. The summed E-state index contributed by atoms with van der Waals surface area (Å²) in [5.41, 5.74) is 13.3. The van der Waals surface area contributed by atoms with Crippen LogP contribution in [0.1, 0.15) is 0 Å². The van der Waals surface area contributed by atoms with E-state index in [-0.39, 0.29) is 0 Å². The van der Waals surface area contributed by atoms with E-state index in [1.165, 1.54) is 32.6 Å². The Morgan fingerprint density at radius 2 is 0.810 bits per heavy atom. The number of furan rings is 1. The first-order valence-electron chi connectivity index (χ1n) is 21.2. The standard InChI is InChI=1S/C57H35N5O/c1-4-16-36(17-5-1)42-26-15-29-52-54(42)45-31-30-39(33-53(45)63-52)57-59-55(37-18-6-2-7-19-37)58-56(60-57)38-20-14-23-41(32-38)62-49-28-13-11-25-44(49)47-34-50-46(35-51(47)62)43-24-10-12-27-48(43)61(50)40-21-8-3-9-22-40/h1-35H. The third-order valence-corrected chi connectivity index (χ3v) is 12.4. The summed E-state index contributed by atoms with van der Waals surface area (Å²) in [5.74, 6) is 1.76. The van der Waals surface area contributed by atoms with E-state index in [0.29, 0.717) is 17.5 Å². The van der Waals surface area contributed by atoms with Crippen molar-refractivity contribution < 1.29 is 4.42 Å². The van der Waals surface area contributed by atoms with Crippen LogP contribution in [0.15, 0.2) is 217 Å². The molecule has 0 atom stereocenters. The first kappa shape index (κ1) is 35.2. The molecule has 0 aliphatic heterocycles. The van der Waals surface area contributed by atoms with Crippen molar-refractivity contribution >= 4 is 65.6 Å². The molecule has 6 heteroatoms. The number of fused-ring (bicyclic) bond motifs is 9. The van der Waals surface area contributed by atoms with E-state index in [2.05, 4.69) is 179 Å². The van der Waals surface area contributed by atoms with Crippen molar-refractivity contribution in [3.8, 4) is 56.7 Å². The van der Waals surface area contributed by atoms with Crippen LogP contribution in [0, 0.1) is 0 Å². The monoisotopic (exact) mass is 805 g/mol. The molecule has 0 fully saturated rings. The molecule has 9 aromatic carbocycles.